The summed E-state index contributed by atoms with van der Waals surface area (Å²) in [6, 6.07) is 15.6. The van der Waals surface area contributed by atoms with E-state index in [9.17, 15) is 9.18 Å². The molecule has 4 nitrogen and oxygen atoms in total. The third-order valence-corrected chi connectivity index (χ3v) is 5.53. The molecule has 7 heteroatoms. The number of carbonyl (C=O) groups is 1. The molecular weight excluding hydrogens is 373 g/mol. The maximum absolute atomic E-state index is 13.3. The number of amides is 1. The highest BCUT2D eigenvalue weighted by Crippen LogP contribution is 2.35. The number of benzene rings is 2. The van der Waals surface area contributed by atoms with E-state index < -0.39 is 0 Å². The van der Waals surface area contributed by atoms with Crippen molar-refractivity contribution in [2.75, 3.05) is 5.32 Å². The molecule has 0 radical (unpaired) electrons. The van der Waals surface area contributed by atoms with E-state index in [1.54, 1.807) is 23.0 Å². The molecule has 26 heavy (non-hydrogen) atoms. The van der Waals surface area contributed by atoms with Crippen LogP contribution in [0.5, 0.6) is 0 Å². The molecule has 1 N–H and O–H groups in total. The number of thiophene rings is 1. The predicted octanol–water partition coefficient (Wildman–Crippen LogP) is 5.19. The Morgan fingerprint density at radius 3 is 2.85 bits per heavy atom. The van der Waals surface area contributed by atoms with Crippen LogP contribution in [0.4, 0.5) is 10.2 Å². The standard InChI is InChI=1S/C19H13ClFN3OS/c20-17-14-6-1-2-7-15(14)26-18(17)19(25)22-16-8-9-24(23-16)11-12-4-3-5-13(21)10-12/h1-10H,11H2,(H,22,23,25). The smallest absolute Gasteiger partial charge is 0.268 e. The molecule has 0 aliphatic rings. The van der Waals surface area contributed by atoms with E-state index in [0.717, 1.165) is 15.6 Å². The molecule has 2 heterocycles. The van der Waals surface area contributed by atoms with Gasteiger partial charge in [-0.15, -0.1) is 11.3 Å². The van der Waals surface area contributed by atoms with E-state index in [0.29, 0.717) is 22.3 Å². The van der Waals surface area contributed by atoms with Gasteiger partial charge in [-0.25, -0.2) is 4.39 Å². The first-order valence-electron chi connectivity index (χ1n) is 7.86. The Morgan fingerprint density at radius 1 is 1.19 bits per heavy atom. The fourth-order valence-electron chi connectivity index (χ4n) is 2.67. The van der Waals surface area contributed by atoms with Gasteiger partial charge in [0.2, 0.25) is 0 Å². The minimum atomic E-state index is -0.299. The molecule has 0 aliphatic carbocycles. The van der Waals surface area contributed by atoms with Crippen molar-refractivity contribution in [1.82, 2.24) is 9.78 Å². The van der Waals surface area contributed by atoms with Gasteiger partial charge in [-0.3, -0.25) is 9.48 Å². The number of halogens is 2. The summed E-state index contributed by atoms with van der Waals surface area (Å²) < 4.78 is 15.9. The van der Waals surface area contributed by atoms with Crippen molar-refractivity contribution in [1.29, 1.82) is 0 Å². The van der Waals surface area contributed by atoms with Gasteiger partial charge >= 0.3 is 0 Å². The lowest BCUT2D eigenvalue weighted by Crippen LogP contribution is -2.11. The Kier molecular flexibility index (Phi) is 4.44. The first kappa shape index (κ1) is 16.8. The van der Waals surface area contributed by atoms with Crippen LogP contribution in [0.15, 0.2) is 60.8 Å². The van der Waals surface area contributed by atoms with Crippen molar-refractivity contribution in [2.45, 2.75) is 6.54 Å². The lowest BCUT2D eigenvalue weighted by Gasteiger charge is -2.03. The van der Waals surface area contributed by atoms with Crippen molar-refractivity contribution >= 4 is 44.7 Å². The van der Waals surface area contributed by atoms with Crippen LogP contribution in [0.2, 0.25) is 5.02 Å². The summed E-state index contributed by atoms with van der Waals surface area (Å²) >= 11 is 7.68. The lowest BCUT2D eigenvalue weighted by molar-refractivity contribution is 0.103. The molecule has 4 aromatic rings. The topological polar surface area (TPSA) is 46.9 Å². The van der Waals surface area contributed by atoms with Gasteiger partial charge in [0.05, 0.1) is 11.6 Å². The number of nitrogens with zero attached hydrogens (tertiary/aromatic N) is 2. The molecule has 2 aromatic heterocycles. The summed E-state index contributed by atoms with van der Waals surface area (Å²) in [5, 5.41) is 8.38. The molecule has 0 bridgehead atoms. The summed E-state index contributed by atoms with van der Waals surface area (Å²) in [4.78, 5) is 13.0. The number of fused-ring (bicyclic) bond motifs is 1. The minimum Gasteiger partial charge on any atom is -0.304 e. The fourth-order valence-corrected chi connectivity index (χ4v) is 4.08. The van der Waals surface area contributed by atoms with E-state index in [2.05, 4.69) is 10.4 Å². The summed E-state index contributed by atoms with van der Waals surface area (Å²) in [6.45, 7) is 0.414. The van der Waals surface area contributed by atoms with Crippen LogP contribution < -0.4 is 5.32 Å². The van der Waals surface area contributed by atoms with Gasteiger partial charge in [0, 0.05) is 22.3 Å². The minimum absolute atomic E-state index is 0.289. The second-order valence-electron chi connectivity index (χ2n) is 5.72. The summed E-state index contributed by atoms with van der Waals surface area (Å²) in [6.07, 6.45) is 1.73. The number of hydrogen-bond donors (Lipinski definition) is 1. The van der Waals surface area contributed by atoms with Crippen LogP contribution in [0, 0.1) is 5.82 Å². The molecule has 0 saturated heterocycles. The number of carbonyl (C=O) groups excluding carboxylic acids is 1. The normalized spacial score (nSPS) is 11.0. The zero-order chi connectivity index (χ0) is 18.1. The molecule has 0 spiro atoms. The number of anilines is 1. The molecule has 2 aromatic carbocycles. The number of aromatic nitrogens is 2. The second-order valence-corrected chi connectivity index (χ2v) is 7.15. The van der Waals surface area contributed by atoms with Gasteiger partial charge in [-0.2, -0.15) is 5.10 Å². The Morgan fingerprint density at radius 2 is 2.04 bits per heavy atom. The van der Waals surface area contributed by atoms with Gasteiger partial charge in [0.15, 0.2) is 5.82 Å². The largest absolute Gasteiger partial charge is 0.304 e. The second kappa shape index (κ2) is 6.90. The van der Waals surface area contributed by atoms with Crippen molar-refractivity contribution in [3.8, 4) is 0 Å². The number of nitrogens with one attached hydrogen (secondary N) is 1. The molecule has 4 rings (SSSR count). The van der Waals surface area contributed by atoms with Gasteiger partial charge in [-0.1, -0.05) is 41.9 Å². The van der Waals surface area contributed by atoms with Gasteiger partial charge in [-0.05, 0) is 23.8 Å². The van der Waals surface area contributed by atoms with E-state index >= 15 is 0 Å². The maximum atomic E-state index is 13.3. The van der Waals surface area contributed by atoms with E-state index in [4.69, 9.17) is 11.6 Å². The van der Waals surface area contributed by atoms with Crippen LogP contribution in [0.1, 0.15) is 15.2 Å². The third kappa shape index (κ3) is 3.34. The van der Waals surface area contributed by atoms with Crippen molar-refractivity contribution in [3.63, 3.8) is 0 Å². The molecule has 0 aliphatic heterocycles. The number of hydrogen-bond acceptors (Lipinski definition) is 3. The molecule has 1 amide bonds. The van der Waals surface area contributed by atoms with Gasteiger partial charge in [0.25, 0.3) is 5.91 Å². The molecule has 0 saturated carbocycles. The highest BCUT2D eigenvalue weighted by Gasteiger charge is 2.17. The molecule has 0 unspecified atom stereocenters. The summed E-state index contributed by atoms with van der Waals surface area (Å²) in [5.74, 6) is -0.172. The first-order valence-corrected chi connectivity index (χ1v) is 9.06. The van der Waals surface area contributed by atoms with Crippen LogP contribution >= 0.6 is 22.9 Å². The average molecular weight is 386 g/mol. The average Bonchev–Trinajstić information content (AvgIpc) is 3.20. The van der Waals surface area contributed by atoms with Gasteiger partial charge in [0.1, 0.15) is 10.7 Å². The highest BCUT2D eigenvalue weighted by molar-refractivity contribution is 7.21. The SMILES string of the molecule is O=C(Nc1ccn(Cc2cccc(F)c2)n1)c1sc2ccccc2c1Cl. The Balaban J connectivity index is 1.51. The quantitative estimate of drug-likeness (QED) is 0.525. The lowest BCUT2D eigenvalue weighted by atomic mass is 10.2. The molecular formula is C19H13ClFN3OS. The van der Waals surface area contributed by atoms with Crippen molar-refractivity contribution in [3.05, 3.63) is 82.1 Å². The molecule has 0 fully saturated rings. The van der Waals surface area contributed by atoms with Crippen LogP contribution in [0.3, 0.4) is 0 Å². The third-order valence-electron chi connectivity index (χ3n) is 3.86. The van der Waals surface area contributed by atoms with Gasteiger partial charge < -0.3 is 5.32 Å². The number of rotatable bonds is 4. The Bertz CT molecular complexity index is 1110. The fraction of sp³-hybridized carbons (Fsp3) is 0.0526. The first-order chi connectivity index (χ1) is 12.6. The van der Waals surface area contributed by atoms with E-state index in [1.165, 1.54) is 23.5 Å². The summed E-state index contributed by atoms with van der Waals surface area (Å²) in [5.41, 5.74) is 0.790. The maximum Gasteiger partial charge on any atom is 0.268 e. The predicted molar refractivity (Wildman–Crippen MR) is 103 cm³/mol. The van der Waals surface area contributed by atoms with E-state index in [1.807, 2.05) is 30.3 Å². The van der Waals surface area contributed by atoms with Crippen molar-refractivity contribution < 1.29 is 9.18 Å². The van der Waals surface area contributed by atoms with E-state index in [-0.39, 0.29) is 11.7 Å². The van der Waals surface area contributed by atoms with Crippen molar-refractivity contribution in [2.24, 2.45) is 0 Å². The molecule has 130 valence electrons. The van der Waals surface area contributed by atoms with Crippen LogP contribution in [0.25, 0.3) is 10.1 Å². The zero-order valence-electron chi connectivity index (χ0n) is 13.4. The molecule has 0 atom stereocenters. The Labute approximate surface area is 157 Å². The monoisotopic (exact) mass is 385 g/mol. The summed E-state index contributed by atoms with van der Waals surface area (Å²) in [7, 11) is 0. The Hall–Kier alpha value is -2.70. The zero-order valence-corrected chi connectivity index (χ0v) is 15.0. The highest BCUT2D eigenvalue weighted by atomic mass is 35.5. The van der Waals surface area contributed by atoms with Crippen LogP contribution in [-0.4, -0.2) is 15.7 Å². The van der Waals surface area contributed by atoms with Crippen LogP contribution in [-0.2, 0) is 6.54 Å².